The summed E-state index contributed by atoms with van der Waals surface area (Å²) in [7, 11) is 0. The molecule has 0 saturated carbocycles. The second-order valence-corrected chi connectivity index (χ2v) is 12.6. The summed E-state index contributed by atoms with van der Waals surface area (Å²) in [6, 6.07) is 4.22. The van der Waals surface area contributed by atoms with Crippen LogP contribution in [0, 0.1) is 5.92 Å². The summed E-state index contributed by atoms with van der Waals surface area (Å²) in [5.74, 6) is 1.82. The summed E-state index contributed by atoms with van der Waals surface area (Å²) < 4.78 is 11.9. The zero-order valence-electron chi connectivity index (χ0n) is 23.5. The van der Waals surface area contributed by atoms with E-state index in [-0.39, 0.29) is 17.9 Å². The number of hydrogen-bond donors (Lipinski definition) is 2. The second kappa shape index (κ2) is 11.5. The summed E-state index contributed by atoms with van der Waals surface area (Å²) >= 11 is 1.69. The first-order chi connectivity index (χ1) is 20.1. The highest BCUT2D eigenvalue weighted by atomic mass is 32.1. The number of benzene rings is 1. The highest BCUT2D eigenvalue weighted by Gasteiger charge is 2.34. The largest absolute Gasteiger partial charge is 0.490 e. The van der Waals surface area contributed by atoms with Crippen molar-refractivity contribution in [3.05, 3.63) is 35.1 Å². The molecule has 0 spiro atoms. The molecule has 5 heterocycles. The smallest absolute Gasteiger partial charge is 0.226 e. The standard InChI is InChI=1S/C30H37N7O3S/c1-19-17-39-11-10-37(19)30(38)20-5-6-22-26(14-20)41-29-27(22)28(31-18-32-29)34-24-13-21-16-33-35-23(21)15-25(24)40-12-9-36-7-3-2-4-8-36/h13,15-16,18-20H,2-12,14,17H2,1H3,(H,33,35)(H,31,32,34)/t19-,20+/m1/s1. The number of likely N-dealkylation sites (tertiary alicyclic amines) is 1. The van der Waals surface area contributed by atoms with E-state index in [9.17, 15) is 4.79 Å². The number of amides is 1. The lowest BCUT2D eigenvalue weighted by molar-refractivity contribution is -0.143. The van der Waals surface area contributed by atoms with Crippen molar-refractivity contribution in [2.24, 2.45) is 5.92 Å². The lowest BCUT2D eigenvalue weighted by Crippen LogP contribution is -2.50. The molecule has 0 bridgehead atoms. The van der Waals surface area contributed by atoms with E-state index >= 15 is 0 Å². The molecule has 41 heavy (non-hydrogen) atoms. The Balaban J connectivity index is 1.14. The predicted molar refractivity (Wildman–Crippen MR) is 160 cm³/mol. The average Bonchev–Trinajstić information content (AvgIpc) is 3.61. The highest BCUT2D eigenvalue weighted by molar-refractivity contribution is 7.19. The fourth-order valence-electron chi connectivity index (χ4n) is 6.49. The van der Waals surface area contributed by atoms with Crippen LogP contribution in [0.5, 0.6) is 5.75 Å². The monoisotopic (exact) mass is 575 g/mol. The van der Waals surface area contributed by atoms with Crippen LogP contribution in [-0.4, -0.2) is 87.9 Å². The first-order valence-corrected chi connectivity index (χ1v) is 15.7. The minimum absolute atomic E-state index is 0.00360. The molecule has 2 N–H and O–H groups in total. The predicted octanol–water partition coefficient (Wildman–Crippen LogP) is 4.53. The quantitative estimate of drug-likeness (QED) is 0.331. The van der Waals surface area contributed by atoms with Crippen LogP contribution in [0.1, 0.15) is 43.0 Å². The summed E-state index contributed by atoms with van der Waals surface area (Å²) in [6.07, 6.45) is 9.74. The summed E-state index contributed by atoms with van der Waals surface area (Å²) in [5.41, 5.74) is 3.07. The van der Waals surface area contributed by atoms with Gasteiger partial charge in [-0.2, -0.15) is 5.10 Å². The Hall–Kier alpha value is -3.28. The van der Waals surface area contributed by atoms with E-state index < -0.39 is 0 Å². The number of H-pyrrole nitrogens is 1. The maximum atomic E-state index is 13.4. The van der Waals surface area contributed by atoms with Gasteiger partial charge in [-0.1, -0.05) is 6.42 Å². The Morgan fingerprint density at radius 1 is 1.22 bits per heavy atom. The number of nitrogens with zero attached hydrogens (tertiary/aromatic N) is 5. The molecule has 11 heteroatoms. The van der Waals surface area contributed by atoms with E-state index in [1.54, 1.807) is 17.7 Å². The number of morpholine rings is 1. The molecular weight excluding hydrogens is 538 g/mol. The molecule has 1 aromatic carbocycles. The maximum absolute atomic E-state index is 13.4. The number of carbonyl (C=O) groups is 1. The topological polar surface area (TPSA) is 108 Å². The van der Waals surface area contributed by atoms with Crippen molar-refractivity contribution in [3.8, 4) is 5.75 Å². The van der Waals surface area contributed by atoms with Gasteiger partial charge in [0.25, 0.3) is 0 Å². The van der Waals surface area contributed by atoms with Gasteiger partial charge in [0.05, 0.1) is 42.0 Å². The van der Waals surface area contributed by atoms with Gasteiger partial charge in [-0.15, -0.1) is 11.3 Å². The third-order valence-electron chi connectivity index (χ3n) is 8.75. The lowest BCUT2D eigenvalue weighted by atomic mass is 9.86. The number of rotatable bonds is 7. The fraction of sp³-hybridized carbons (Fsp3) is 0.533. The first-order valence-electron chi connectivity index (χ1n) is 14.9. The van der Waals surface area contributed by atoms with Crippen LogP contribution < -0.4 is 10.1 Å². The Morgan fingerprint density at radius 3 is 3.00 bits per heavy atom. The number of aryl methyl sites for hydroxylation is 1. The van der Waals surface area contributed by atoms with E-state index in [1.165, 1.54) is 29.7 Å². The van der Waals surface area contributed by atoms with Crippen molar-refractivity contribution in [1.82, 2.24) is 30.0 Å². The molecular formula is C30H37N7O3S. The number of aromatic amines is 1. The van der Waals surface area contributed by atoms with Crippen molar-refractivity contribution >= 4 is 49.9 Å². The Labute approximate surface area is 243 Å². The van der Waals surface area contributed by atoms with Crippen LogP contribution in [0.25, 0.3) is 21.1 Å². The number of ether oxygens (including phenoxy) is 2. The summed E-state index contributed by atoms with van der Waals surface area (Å²) in [5, 5.41) is 13.0. The maximum Gasteiger partial charge on any atom is 0.226 e. The first kappa shape index (κ1) is 26.6. The summed E-state index contributed by atoms with van der Waals surface area (Å²) in [6.45, 7) is 7.83. The third kappa shape index (κ3) is 5.38. The number of nitrogens with one attached hydrogen (secondary N) is 2. The van der Waals surface area contributed by atoms with Crippen molar-refractivity contribution < 1.29 is 14.3 Å². The molecule has 216 valence electrons. The van der Waals surface area contributed by atoms with Gasteiger partial charge in [0.2, 0.25) is 5.91 Å². The second-order valence-electron chi connectivity index (χ2n) is 11.5. The van der Waals surface area contributed by atoms with Crippen molar-refractivity contribution in [2.75, 3.05) is 51.3 Å². The van der Waals surface area contributed by atoms with E-state index in [0.717, 1.165) is 77.3 Å². The van der Waals surface area contributed by atoms with Crippen LogP contribution in [-0.2, 0) is 22.4 Å². The molecule has 7 rings (SSSR count). The Bertz CT molecular complexity index is 1550. The molecule has 2 aliphatic heterocycles. The van der Waals surface area contributed by atoms with E-state index in [2.05, 4.69) is 38.4 Å². The van der Waals surface area contributed by atoms with Crippen molar-refractivity contribution in [1.29, 1.82) is 0 Å². The third-order valence-corrected chi connectivity index (χ3v) is 9.91. The van der Waals surface area contributed by atoms with Crippen molar-refractivity contribution in [2.45, 2.75) is 51.5 Å². The summed E-state index contributed by atoms with van der Waals surface area (Å²) in [4.78, 5) is 29.4. The van der Waals surface area contributed by atoms with Gasteiger partial charge in [0, 0.05) is 35.3 Å². The number of anilines is 2. The molecule has 3 aromatic heterocycles. The van der Waals surface area contributed by atoms with Gasteiger partial charge < -0.3 is 19.7 Å². The zero-order chi connectivity index (χ0) is 27.8. The molecule has 2 fully saturated rings. The molecule has 10 nitrogen and oxygen atoms in total. The number of carbonyl (C=O) groups excluding carboxylic acids is 1. The van der Waals surface area contributed by atoms with Crippen LogP contribution in [0.4, 0.5) is 11.5 Å². The number of hydrogen-bond acceptors (Lipinski definition) is 9. The zero-order valence-corrected chi connectivity index (χ0v) is 24.3. The van der Waals surface area contributed by atoms with Crippen molar-refractivity contribution in [3.63, 3.8) is 0 Å². The molecule has 3 aliphatic rings. The van der Waals surface area contributed by atoms with Crippen LogP contribution in [0.3, 0.4) is 0 Å². The van der Waals surface area contributed by atoms with Crippen LogP contribution in [0.2, 0.25) is 0 Å². The van der Waals surface area contributed by atoms with E-state index in [4.69, 9.17) is 14.5 Å². The number of aromatic nitrogens is 4. The van der Waals surface area contributed by atoms with Crippen LogP contribution >= 0.6 is 11.3 Å². The van der Waals surface area contributed by atoms with E-state index in [0.29, 0.717) is 26.4 Å². The molecule has 0 unspecified atom stereocenters. The van der Waals surface area contributed by atoms with Gasteiger partial charge in [0.15, 0.2) is 0 Å². The number of thiophene rings is 1. The minimum atomic E-state index is 0.00360. The average molecular weight is 576 g/mol. The normalized spacial score (nSPS) is 21.7. The molecule has 0 radical (unpaired) electrons. The Morgan fingerprint density at radius 2 is 2.12 bits per heavy atom. The lowest BCUT2D eigenvalue weighted by Gasteiger charge is -2.36. The van der Waals surface area contributed by atoms with Gasteiger partial charge >= 0.3 is 0 Å². The van der Waals surface area contributed by atoms with Gasteiger partial charge in [0.1, 0.15) is 29.3 Å². The number of fused-ring (bicyclic) bond motifs is 4. The molecule has 1 amide bonds. The molecule has 2 atom stereocenters. The SMILES string of the molecule is C[C@@H]1COCCN1C(=O)[C@H]1CCc2c(sc3ncnc(Nc4cc5cn[nH]c5cc4OCCN4CCCCC4)c23)C1. The Kier molecular flexibility index (Phi) is 7.49. The molecule has 1 aliphatic carbocycles. The number of piperidine rings is 1. The fourth-order valence-corrected chi connectivity index (χ4v) is 7.76. The highest BCUT2D eigenvalue weighted by Crippen LogP contribution is 2.42. The van der Waals surface area contributed by atoms with Gasteiger partial charge in [-0.3, -0.25) is 14.8 Å². The minimum Gasteiger partial charge on any atom is -0.490 e. The molecule has 2 saturated heterocycles. The van der Waals surface area contributed by atoms with Gasteiger partial charge in [-0.25, -0.2) is 9.97 Å². The van der Waals surface area contributed by atoms with Gasteiger partial charge in [-0.05, 0) is 63.7 Å². The van der Waals surface area contributed by atoms with E-state index in [1.807, 2.05) is 17.2 Å². The van der Waals surface area contributed by atoms with Crippen LogP contribution in [0.15, 0.2) is 24.7 Å². The molecule has 4 aromatic rings.